The molecule has 3 atom stereocenters. The van der Waals surface area contributed by atoms with Gasteiger partial charge in [-0.05, 0) is 19.3 Å². The van der Waals surface area contributed by atoms with E-state index in [1.807, 2.05) is 0 Å². The molecule has 3 aliphatic heterocycles. The number of H-pyrrole nitrogens is 1. The molecule has 7 heteroatoms. The first-order chi connectivity index (χ1) is 10.7. The number of aromatic amines is 1. The number of rotatable bonds is 2. The fraction of sp³-hybridized carbons (Fsp3) is 0.600. The molecule has 4 rings (SSSR count). The van der Waals surface area contributed by atoms with Gasteiger partial charge in [-0.25, -0.2) is 0 Å². The Morgan fingerprint density at radius 1 is 1.55 bits per heavy atom. The van der Waals surface area contributed by atoms with Crippen molar-refractivity contribution in [3.63, 3.8) is 0 Å². The molecule has 116 valence electrons. The number of nitrogens with one attached hydrogen (secondary N) is 1. The highest BCUT2D eigenvalue weighted by Gasteiger charge is 2.58. The Hall–Kier alpha value is -2.04. The van der Waals surface area contributed by atoms with E-state index in [1.165, 1.54) is 0 Å². The van der Waals surface area contributed by atoms with Gasteiger partial charge in [0.05, 0.1) is 23.7 Å². The Morgan fingerprint density at radius 3 is 3.18 bits per heavy atom. The van der Waals surface area contributed by atoms with Crippen LogP contribution >= 0.6 is 0 Å². The third kappa shape index (κ3) is 1.59. The van der Waals surface area contributed by atoms with Crippen molar-refractivity contribution in [2.45, 2.75) is 50.4 Å². The van der Waals surface area contributed by atoms with Crippen LogP contribution in [0.3, 0.4) is 0 Å². The van der Waals surface area contributed by atoms with Gasteiger partial charge in [-0.3, -0.25) is 5.10 Å². The van der Waals surface area contributed by atoms with Crippen molar-refractivity contribution in [2.24, 2.45) is 5.73 Å². The number of hydrogen-bond acceptors (Lipinski definition) is 6. The van der Waals surface area contributed by atoms with E-state index >= 15 is 0 Å². The topological polar surface area (TPSA) is 106 Å². The van der Waals surface area contributed by atoms with E-state index < -0.39 is 11.7 Å². The first-order valence-electron chi connectivity index (χ1n) is 7.63. The highest BCUT2D eigenvalue weighted by atomic mass is 16.7. The maximum atomic E-state index is 9.68. The Morgan fingerprint density at radius 2 is 2.41 bits per heavy atom. The molecule has 22 heavy (non-hydrogen) atoms. The number of nitrogens with zero attached hydrogens (tertiary/aromatic N) is 2. The average Bonchev–Trinajstić information content (AvgIpc) is 3.09. The van der Waals surface area contributed by atoms with Crippen LogP contribution < -0.4 is 10.5 Å². The molecule has 3 N–H and O–H groups in total. The van der Waals surface area contributed by atoms with Crippen molar-refractivity contribution in [2.75, 3.05) is 6.61 Å². The van der Waals surface area contributed by atoms with Crippen molar-refractivity contribution in [1.82, 2.24) is 10.2 Å². The van der Waals surface area contributed by atoms with Gasteiger partial charge in [0.25, 0.3) is 0 Å². The second kappa shape index (κ2) is 4.73. The summed E-state index contributed by atoms with van der Waals surface area (Å²) in [6, 6.07) is 2.23. The molecule has 4 heterocycles. The van der Waals surface area contributed by atoms with Gasteiger partial charge in [-0.2, -0.15) is 5.26 Å². The molecule has 0 unspecified atom stereocenters. The number of nitriles is 1. The lowest BCUT2D eigenvalue weighted by molar-refractivity contribution is -0.126. The summed E-state index contributed by atoms with van der Waals surface area (Å²) < 4.78 is 17.4. The molecule has 0 amide bonds. The molecular formula is C15H18N4O3. The van der Waals surface area contributed by atoms with Crippen molar-refractivity contribution in [3.05, 3.63) is 22.7 Å². The van der Waals surface area contributed by atoms with E-state index in [9.17, 15) is 5.26 Å². The zero-order valence-corrected chi connectivity index (χ0v) is 12.4. The van der Waals surface area contributed by atoms with Crippen molar-refractivity contribution in [3.8, 4) is 11.9 Å². The molecule has 3 aliphatic rings. The molecule has 0 aliphatic carbocycles. The summed E-state index contributed by atoms with van der Waals surface area (Å²) in [6.07, 6.45) is 2.95. The number of ether oxygens (including phenoxy) is 3. The third-order valence-corrected chi connectivity index (χ3v) is 4.78. The molecule has 1 spiro atoms. The quantitative estimate of drug-likeness (QED) is 0.851. The van der Waals surface area contributed by atoms with Gasteiger partial charge in [0.15, 0.2) is 6.29 Å². The summed E-state index contributed by atoms with van der Waals surface area (Å²) in [4.78, 5) is 0. The van der Waals surface area contributed by atoms with Crippen LogP contribution in [0.5, 0.6) is 5.88 Å². The highest BCUT2D eigenvalue weighted by molar-refractivity contribution is 5.55. The summed E-state index contributed by atoms with van der Waals surface area (Å²) in [5.41, 5.74) is 7.52. The van der Waals surface area contributed by atoms with Crippen molar-refractivity contribution >= 4 is 0 Å². The van der Waals surface area contributed by atoms with E-state index in [2.05, 4.69) is 23.2 Å². The van der Waals surface area contributed by atoms with Crippen LogP contribution in [0.4, 0.5) is 0 Å². The first kappa shape index (κ1) is 13.6. The van der Waals surface area contributed by atoms with E-state index in [4.69, 9.17) is 19.9 Å². The molecular weight excluding hydrogens is 284 g/mol. The molecule has 2 bridgehead atoms. The second-order valence-corrected chi connectivity index (χ2v) is 6.02. The maximum Gasteiger partial charge on any atom is 0.244 e. The maximum absolute atomic E-state index is 9.68. The number of nitrogens with two attached hydrogens (primary N) is 1. The van der Waals surface area contributed by atoms with Crippen LogP contribution in [0.1, 0.15) is 37.4 Å². The Bertz CT molecular complexity index is 689. The average molecular weight is 302 g/mol. The van der Waals surface area contributed by atoms with Gasteiger partial charge in [0, 0.05) is 5.69 Å². The molecule has 1 aromatic heterocycles. The Balaban J connectivity index is 1.94. The Labute approximate surface area is 128 Å². The number of aryl methyl sites for hydroxylation is 1. The van der Waals surface area contributed by atoms with Crippen LogP contribution in [0.15, 0.2) is 11.5 Å². The molecule has 1 aromatic rings. The standard InChI is InChI=1S/C15H18N4O3/c1-2-3-10-11-13(19-18-10)22-12(17)9(6-16)15(11)5-4-8-7-20-14(15)21-8/h8,14H,2-5,7,17H2,1H3,(H,18,19)/t8-,14-,15+/m1/s1. The van der Waals surface area contributed by atoms with Gasteiger partial charge < -0.3 is 19.9 Å². The fourth-order valence-corrected chi connectivity index (χ4v) is 3.83. The minimum Gasteiger partial charge on any atom is -0.420 e. The lowest BCUT2D eigenvalue weighted by atomic mass is 9.68. The smallest absolute Gasteiger partial charge is 0.244 e. The molecule has 7 nitrogen and oxygen atoms in total. The number of hydrogen-bond donors (Lipinski definition) is 2. The van der Waals surface area contributed by atoms with Gasteiger partial charge in [-0.15, -0.1) is 5.10 Å². The Kier molecular flexibility index (Phi) is 2.93. The summed E-state index contributed by atoms with van der Waals surface area (Å²) in [5.74, 6) is 0.541. The monoisotopic (exact) mass is 302 g/mol. The van der Waals surface area contributed by atoms with Crippen molar-refractivity contribution < 1.29 is 14.2 Å². The molecule has 0 radical (unpaired) electrons. The van der Waals surface area contributed by atoms with Gasteiger partial charge in [0.2, 0.25) is 11.8 Å². The lowest BCUT2D eigenvalue weighted by Gasteiger charge is -2.42. The van der Waals surface area contributed by atoms with Gasteiger partial charge >= 0.3 is 0 Å². The zero-order valence-electron chi connectivity index (χ0n) is 12.4. The SMILES string of the molecule is CCCc1[nH]nc2c1[C@]1(CC[C@@H]3CO[C@@H]1O3)C(C#N)=C(N)O2. The van der Waals surface area contributed by atoms with E-state index in [0.29, 0.717) is 18.1 Å². The predicted octanol–water partition coefficient (Wildman–Crippen LogP) is 1.22. The lowest BCUT2D eigenvalue weighted by Crippen LogP contribution is -2.48. The number of aromatic nitrogens is 2. The third-order valence-electron chi connectivity index (χ3n) is 4.78. The van der Waals surface area contributed by atoms with Crippen LogP contribution in [0.25, 0.3) is 0 Å². The van der Waals surface area contributed by atoms with Gasteiger partial charge in [-0.1, -0.05) is 13.3 Å². The highest BCUT2D eigenvalue weighted by Crippen LogP contribution is 2.54. The van der Waals surface area contributed by atoms with Crippen molar-refractivity contribution in [1.29, 1.82) is 5.26 Å². The second-order valence-electron chi connectivity index (χ2n) is 6.02. The summed E-state index contributed by atoms with van der Waals surface area (Å²) in [5, 5.41) is 17.0. The van der Waals surface area contributed by atoms with E-state index in [1.54, 1.807) is 0 Å². The largest absolute Gasteiger partial charge is 0.420 e. The normalized spacial score (nSPS) is 32.7. The minimum absolute atomic E-state index is 0.0992. The van der Waals surface area contributed by atoms with Crippen LogP contribution in [0, 0.1) is 11.3 Å². The fourth-order valence-electron chi connectivity index (χ4n) is 3.83. The predicted molar refractivity (Wildman–Crippen MR) is 75.6 cm³/mol. The summed E-state index contributed by atoms with van der Waals surface area (Å²) >= 11 is 0. The van der Waals surface area contributed by atoms with E-state index in [0.717, 1.165) is 36.9 Å². The molecule has 0 saturated carbocycles. The van der Waals surface area contributed by atoms with Crippen LogP contribution in [0.2, 0.25) is 0 Å². The molecule has 2 fully saturated rings. The van der Waals surface area contributed by atoms with E-state index in [-0.39, 0.29) is 12.0 Å². The first-order valence-corrected chi connectivity index (χ1v) is 7.63. The van der Waals surface area contributed by atoms with Crippen LogP contribution in [-0.4, -0.2) is 29.2 Å². The summed E-state index contributed by atoms with van der Waals surface area (Å²) in [7, 11) is 0. The minimum atomic E-state index is -0.711. The molecule has 2 saturated heterocycles. The molecule has 0 aromatic carbocycles. The summed E-state index contributed by atoms with van der Waals surface area (Å²) in [6.45, 7) is 2.65. The zero-order chi connectivity index (χ0) is 15.3. The number of fused-ring (bicyclic) bond motifs is 5. The van der Waals surface area contributed by atoms with Gasteiger partial charge in [0.1, 0.15) is 11.6 Å². The van der Waals surface area contributed by atoms with Crippen LogP contribution in [-0.2, 0) is 21.3 Å².